The van der Waals surface area contributed by atoms with Gasteiger partial charge in [-0.3, -0.25) is 0 Å². The highest BCUT2D eigenvalue weighted by atomic mass is 16.7. The molecule has 1 N–H and O–H groups in total. The summed E-state index contributed by atoms with van der Waals surface area (Å²) in [4.78, 5) is 66.0. The van der Waals surface area contributed by atoms with E-state index in [2.05, 4.69) is 5.32 Å². The zero-order chi connectivity index (χ0) is 38.5. The second-order valence-corrected chi connectivity index (χ2v) is 13.1. The van der Waals surface area contributed by atoms with Gasteiger partial charge < -0.3 is 38.5 Å². The molecular weight excluding hydrogens is 698 g/mol. The summed E-state index contributed by atoms with van der Waals surface area (Å²) < 4.78 is 40.4. The van der Waals surface area contributed by atoms with Crippen LogP contribution >= 0.6 is 0 Å². The zero-order valence-electron chi connectivity index (χ0n) is 30.0. The summed E-state index contributed by atoms with van der Waals surface area (Å²) in [6.07, 6.45) is -6.47. The molecule has 1 saturated heterocycles. The molecule has 1 amide bonds. The van der Waals surface area contributed by atoms with Crippen LogP contribution in [-0.2, 0) is 44.6 Å². The maximum absolute atomic E-state index is 13.4. The molecule has 0 unspecified atom stereocenters. The molecular formula is C41H41NO12. The quantitative estimate of drug-likeness (QED) is 0.125. The molecule has 4 aromatic rings. The Morgan fingerprint density at radius 1 is 0.648 bits per heavy atom. The SMILES string of the molecule is CC(C)(C)OC(=O)N[C@@H](CO[C@@H]1O[C@H](COC(=O)c2ccccc2)[C@@H](OC(=O)c2ccccc2)[C@H]1OC(=O)c1ccccc1)C(=O)OCc1ccccc1. The van der Waals surface area contributed by atoms with Gasteiger partial charge in [-0.05, 0) is 62.7 Å². The minimum atomic E-state index is -1.50. The van der Waals surface area contributed by atoms with Crippen molar-refractivity contribution in [1.82, 2.24) is 5.32 Å². The highest BCUT2D eigenvalue weighted by Crippen LogP contribution is 2.30. The molecule has 1 heterocycles. The fourth-order valence-corrected chi connectivity index (χ4v) is 5.21. The summed E-state index contributed by atoms with van der Waals surface area (Å²) in [6, 6.07) is 31.8. The summed E-state index contributed by atoms with van der Waals surface area (Å²) in [5, 5.41) is 2.47. The monoisotopic (exact) mass is 739 g/mol. The molecule has 0 radical (unpaired) electrons. The largest absolute Gasteiger partial charge is 0.459 e. The van der Waals surface area contributed by atoms with Crippen LogP contribution in [0.1, 0.15) is 57.4 Å². The van der Waals surface area contributed by atoms with Gasteiger partial charge in [0.2, 0.25) is 0 Å². The zero-order valence-corrected chi connectivity index (χ0v) is 30.0. The smallest absolute Gasteiger partial charge is 0.408 e. The average molecular weight is 740 g/mol. The average Bonchev–Trinajstić information content (AvgIpc) is 3.49. The number of carbonyl (C=O) groups is 5. The number of nitrogens with one attached hydrogen (secondary N) is 1. The van der Waals surface area contributed by atoms with Crippen LogP contribution in [0.25, 0.3) is 0 Å². The third-order valence-electron chi connectivity index (χ3n) is 7.79. The van der Waals surface area contributed by atoms with Gasteiger partial charge in [-0.1, -0.05) is 84.9 Å². The number of hydrogen-bond donors (Lipinski definition) is 1. The molecule has 0 bridgehead atoms. The van der Waals surface area contributed by atoms with E-state index in [-0.39, 0.29) is 23.3 Å². The second kappa shape index (κ2) is 18.6. The molecule has 5 rings (SSSR count). The Bertz CT molecular complexity index is 1850. The van der Waals surface area contributed by atoms with Crippen molar-refractivity contribution in [2.75, 3.05) is 13.2 Å². The van der Waals surface area contributed by atoms with Crippen LogP contribution in [0, 0.1) is 0 Å². The molecule has 13 heteroatoms. The summed E-state index contributed by atoms with van der Waals surface area (Å²) in [6.45, 7) is 3.86. The lowest BCUT2D eigenvalue weighted by molar-refractivity contribution is -0.179. The molecule has 1 fully saturated rings. The van der Waals surface area contributed by atoms with Crippen LogP contribution in [0.5, 0.6) is 0 Å². The Morgan fingerprint density at radius 3 is 1.65 bits per heavy atom. The van der Waals surface area contributed by atoms with E-state index in [1.54, 1.807) is 112 Å². The van der Waals surface area contributed by atoms with Gasteiger partial charge in [0.1, 0.15) is 24.9 Å². The van der Waals surface area contributed by atoms with Gasteiger partial charge in [0.15, 0.2) is 24.5 Å². The standard InChI is InChI=1S/C41H41NO12/c1-41(2,3)54-40(47)42-31(38(46)48-24-27-16-8-4-9-17-27)25-50-39-34(53-37(45)30-22-14-7-15-23-30)33(52-36(44)29-20-12-6-13-21-29)32(51-39)26-49-35(43)28-18-10-5-11-19-28/h4-23,31-34,39H,24-26H2,1-3H3,(H,42,47)/t31-,32+,33+,34+,39+/m0/s1. The summed E-state index contributed by atoms with van der Waals surface area (Å²) in [5.41, 5.74) is 0.439. The van der Waals surface area contributed by atoms with Crippen molar-refractivity contribution in [1.29, 1.82) is 0 Å². The summed E-state index contributed by atoms with van der Waals surface area (Å²) in [5.74, 6) is -3.12. The molecule has 54 heavy (non-hydrogen) atoms. The first-order valence-electron chi connectivity index (χ1n) is 17.2. The predicted octanol–water partition coefficient (Wildman–Crippen LogP) is 5.67. The van der Waals surface area contributed by atoms with Crippen LogP contribution in [-0.4, -0.2) is 79.4 Å². The minimum Gasteiger partial charge on any atom is -0.459 e. The first-order chi connectivity index (χ1) is 26.0. The lowest BCUT2D eigenvalue weighted by Gasteiger charge is -2.26. The van der Waals surface area contributed by atoms with E-state index in [9.17, 15) is 24.0 Å². The molecule has 1 aliphatic heterocycles. The molecule has 0 aromatic heterocycles. The van der Waals surface area contributed by atoms with Gasteiger partial charge in [-0.25, -0.2) is 24.0 Å². The number of amides is 1. The van der Waals surface area contributed by atoms with Crippen molar-refractivity contribution in [2.24, 2.45) is 0 Å². The van der Waals surface area contributed by atoms with Gasteiger partial charge in [0.25, 0.3) is 0 Å². The Kier molecular flexibility index (Phi) is 13.5. The van der Waals surface area contributed by atoms with E-state index in [4.69, 9.17) is 33.2 Å². The Balaban J connectivity index is 1.41. The topological polar surface area (TPSA) is 162 Å². The molecule has 0 saturated carbocycles. The fraction of sp³-hybridized carbons (Fsp3) is 0.293. The van der Waals surface area contributed by atoms with Gasteiger partial charge in [-0.2, -0.15) is 0 Å². The van der Waals surface area contributed by atoms with Crippen molar-refractivity contribution in [3.05, 3.63) is 144 Å². The molecule has 1 aliphatic rings. The van der Waals surface area contributed by atoms with Gasteiger partial charge >= 0.3 is 30.0 Å². The Morgan fingerprint density at radius 2 is 1.13 bits per heavy atom. The van der Waals surface area contributed by atoms with Crippen LogP contribution in [0.3, 0.4) is 0 Å². The van der Waals surface area contributed by atoms with Crippen molar-refractivity contribution in [3.63, 3.8) is 0 Å². The molecule has 4 aromatic carbocycles. The highest BCUT2D eigenvalue weighted by molar-refractivity contribution is 5.91. The Labute approximate surface area is 312 Å². The molecule has 0 aliphatic carbocycles. The number of esters is 4. The third-order valence-corrected chi connectivity index (χ3v) is 7.79. The van der Waals surface area contributed by atoms with Crippen LogP contribution < -0.4 is 5.32 Å². The Hall–Kier alpha value is -6.05. The molecule has 282 valence electrons. The number of benzene rings is 4. The van der Waals surface area contributed by atoms with E-state index in [1.807, 2.05) is 6.07 Å². The third kappa shape index (κ3) is 11.5. The molecule has 0 spiro atoms. The van der Waals surface area contributed by atoms with Crippen molar-refractivity contribution < 1.29 is 57.1 Å². The lowest BCUT2D eigenvalue weighted by Crippen LogP contribution is -2.48. The highest BCUT2D eigenvalue weighted by Gasteiger charge is 2.51. The summed E-state index contributed by atoms with van der Waals surface area (Å²) >= 11 is 0. The van der Waals surface area contributed by atoms with E-state index < -0.39 is 79.4 Å². The van der Waals surface area contributed by atoms with E-state index in [0.29, 0.717) is 5.56 Å². The molecule has 5 atom stereocenters. The number of alkyl carbamates (subject to hydrolysis) is 1. The molecule has 13 nitrogen and oxygen atoms in total. The van der Waals surface area contributed by atoms with Crippen molar-refractivity contribution in [3.8, 4) is 0 Å². The van der Waals surface area contributed by atoms with E-state index in [1.165, 1.54) is 24.3 Å². The number of hydrogen-bond acceptors (Lipinski definition) is 12. The number of rotatable bonds is 14. The van der Waals surface area contributed by atoms with Crippen LogP contribution in [0.4, 0.5) is 4.79 Å². The normalized spacial score (nSPS) is 18.4. The van der Waals surface area contributed by atoms with Crippen LogP contribution in [0.2, 0.25) is 0 Å². The first kappa shape index (κ1) is 39.2. The minimum absolute atomic E-state index is 0.101. The van der Waals surface area contributed by atoms with Crippen molar-refractivity contribution >= 4 is 30.0 Å². The van der Waals surface area contributed by atoms with Gasteiger partial charge in [-0.15, -0.1) is 0 Å². The van der Waals surface area contributed by atoms with Gasteiger partial charge in [0, 0.05) is 0 Å². The van der Waals surface area contributed by atoms with E-state index in [0.717, 1.165) is 0 Å². The maximum atomic E-state index is 13.4. The maximum Gasteiger partial charge on any atom is 0.408 e. The number of ether oxygens (including phenoxy) is 7. The summed E-state index contributed by atoms with van der Waals surface area (Å²) in [7, 11) is 0. The fourth-order valence-electron chi connectivity index (χ4n) is 5.21. The lowest BCUT2D eigenvalue weighted by atomic mass is 10.1. The van der Waals surface area contributed by atoms with Gasteiger partial charge in [0.05, 0.1) is 23.3 Å². The second-order valence-electron chi connectivity index (χ2n) is 13.1. The number of carbonyl (C=O) groups excluding carboxylic acids is 5. The van der Waals surface area contributed by atoms with Crippen LogP contribution in [0.15, 0.2) is 121 Å². The van der Waals surface area contributed by atoms with E-state index >= 15 is 0 Å². The van der Waals surface area contributed by atoms with Crippen molar-refractivity contribution in [2.45, 2.75) is 63.6 Å². The predicted molar refractivity (Wildman–Crippen MR) is 192 cm³/mol. The first-order valence-corrected chi connectivity index (χ1v) is 17.2.